The molecule has 1 unspecified atom stereocenters. The van der Waals surface area contributed by atoms with Crippen LogP contribution in [0.5, 0.6) is 5.75 Å². The molecule has 20 heavy (non-hydrogen) atoms. The molecule has 0 saturated carbocycles. The van der Waals surface area contributed by atoms with Gasteiger partial charge in [0.2, 0.25) is 0 Å². The molecule has 0 aromatic heterocycles. The van der Waals surface area contributed by atoms with Crippen molar-refractivity contribution in [2.24, 2.45) is 0 Å². The molecule has 1 atom stereocenters. The third-order valence-corrected chi connectivity index (χ3v) is 3.18. The van der Waals surface area contributed by atoms with Gasteiger partial charge in [-0.1, -0.05) is 12.1 Å². The molecule has 2 N–H and O–H groups in total. The second-order valence-corrected chi connectivity index (χ2v) is 5.65. The van der Waals surface area contributed by atoms with E-state index in [1.807, 2.05) is 31.2 Å². The summed E-state index contributed by atoms with van der Waals surface area (Å²) in [6.07, 6.45) is -0.549. The molecule has 1 heterocycles. The zero-order valence-corrected chi connectivity index (χ0v) is 12.2. The molecule has 0 saturated heterocycles. The number of carbonyl (C=O) groups is 1. The lowest BCUT2D eigenvalue weighted by Crippen LogP contribution is -2.50. The van der Waals surface area contributed by atoms with E-state index >= 15 is 0 Å². The Morgan fingerprint density at radius 3 is 2.85 bits per heavy atom. The van der Waals surface area contributed by atoms with Crippen LogP contribution in [0, 0.1) is 0 Å². The lowest BCUT2D eigenvalue weighted by atomic mass is 10.1. The Kier molecular flexibility index (Phi) is 4.18. The summed E-state index contributed by atoms with van der Waals surface area (Å²) in [5.41, 5.74) is -0.00633. The lowest BCUT2D eigenvalue weighted by molar-refractivity contribution is -0.141. The van der Waals surface area contributed by atoms with Gasteiger partial charge in [-0.05, 0) is 32.9 Å². The maximum Gasteiger partial charge on any atom is 0.265 e. The second kappa shape index (κ2) is 5.71. The molecule has 2 rings (SSSR count). The van der Waals surface area contributed by atoms with Gasteiger partial charge >= 0.3 is 0 Å². The zero-order valence-electron chi connectivity index (χ0n) is 12.2. The van der Waals surface area contributed by atoms with Crippen LogP contribution in [0.2, 0.25) is 0 Å². The first-order valence-corrected chi connectivity index (χ1v) is 6.91. The van der Waals surface area contributed by atoms with Gasteiger partial charge in [0.05, 0.1) is 17.8 Å². The summed E-state index contributed by atoms with van der Waals surface area (Å²) in [6, 6.07) is 7.56. The van der Waals surface area contributed by atoms with Crippen molar-refractivity contribution in [2.45, 2.75) is 32.5 Å². The summed E-state index contributed by atoms with van der Waals surface area (Å²) in [6.45, 7) is 6.57. The number of hydrogen-bond donors (Lipinski definition) is 2. The fourth-order valence-corrected chi connectivity index (χ4v) is 2.27. The van der Waals surface area contributed by atoms with Crippen molar-refractivity contribution < 1.29 is 14.6 Å². The highest BCUT2D eigenvalue weighted by Gasteiger charge is 2.31. The Bertz CT molecular complexity index is 482. The third kappa shape index (κ3) is 3.42. The molecule has 1 aromatic carbocycles. The van der Waals surface area contributed by atoms with Crippen LogP contribution in [0.25, 0.3) is 0 Å². The van der Waals surface area contributed by atoms with Gasteiger partial charge in [-0.25, -0.2) is 0 Å². The van der Waals surface area contributed by atoms with Crippen molar-refractivity contribution in [3.63, 3.8) is 0 Å². The predicted molar refractivity (Wildman–Crippen MR) is 77.9 cm³/mol. The number of rotatable bonds is 4. The molecular weight excluding hydrogens is 256 g/mol. The Balaban J connectivity index is 2.07. The summed E-state index contributed by atoms with van der Waals surface area (Å²) in [5.74, 6) is 0.591. The third-order valence-electron chi connectivity index (χ3n) is 3.18. The monoisotopic (exact) mass is 278 g/mol. The summed E-state index contributed by atoms with van der Waals surface area (Å²) in [7, 11) is 0. The van der Waals surface area contributed by atoms with E-state index in [-0.39, 0.29) is 5.91 Å². The molecule has 0 bridgehead atoms. The number of para-hydroxylation sites is 2. The van der Waals surface area contributed by atoms with Crippen LogP contribution < -0.4 is 10.1 Å². The minimum absolute atomic E-state index is 0.100. The van der Waals surface area contributed by atoms with Crippen molar-refractivity contribution in [1.29, 1.82) is 0 Å². The molecule has 0 radical (unpaired) electrons. The first kappa shape index (κ1) is 14.7. The molecule has 1 aromatic rings. The van der Waals surface area contributed by atoms with Gasteiger partial charge in [0.25, 0.3) is 5.91 Å². The maximum absolute atomic E-state index is 12.5. The van der Waals surface area contributed by atoms with Gasteiger partial charge in [0.1, 0.15) is 5.75 Å². The Morgan fingerprint density at radius 2 is 2.20 bits per heavy atom. The molecule has 1 aliphatic rings. The van der Waals surface area contributed by atoms with E-state index < -0.39 is 11.7 Å². The van der Waals surface area contributed by atoms with Crippen LogP contribution in [0.15, 0.2) is 24.3 Å². The largest absolute Gasteiger partial charge is 0.477 e. The predicted octanol–water partition coefficient (Wildman–Crippen LogP) is 1.48. The number of amides is 1. The molecule has 1 amide bonds. The van der Waals surface area contributed by atoms with Crippen molar-refractivity contribution in [1.82, 2.24) is 4.90 Å². The standard InChI is InChI=1S/C15H22N2O3/c1-4-17(10-15(2,3)19)14(18)13-9-16-11-7-5-6-8-12(11)20-13/h5-8,13,16,19H,4,9-10H2,1-3H3. The SMILES string of the molecule is CCN(CC(C)(C)O)C(=O)C1CNc2ccccc2O1. The summed E-state index contributed by atoms with van der Waals surface area (Å²) >= 11 is 0. The number of likely N-dealkylation sites (N-methyl/N-ethyl adjacent to an activating group) is 1. The number of benzene rings is 1. The number of ether oxygens (including phenoxy) is 1. The van der Waals surface area contributed by atoms with Gasteiger partial charge in [-0.2, -0.15) is 0 Å². The van der Waals surface area contributed by atoms with Crippen molar-refractivity contribution in [2.75, 3.05) is 25.0 Å². The number of nitrogens with zero attached hydrogens (tertiary/aromatic N) is 1. The number of hydrogen-bond acceptors (Lipinski definition) is 4. The van der Waals surface area contributed by atoms with Gasteiger partial charge < -0.3 is 20.1 Å². The van der Waals surface area contributed by atoms with Crippen molar-refractivity contribution in [3.05, 3.63) is 24.3 Å². The molecule has 0 aliphatic carbocycles. The highest BCUT2D eigenvalue weighted by Crippen LogP contribution is 2.28. The quantitative estimate of drug-likeness (QED) is 0.875. The van der Waals surface area contributed by atoms with Crippen LogP contribution in [-0.2, 0) is 4.79 Å². The molecular formula is C15H22N2O3. The fraction of sp³-hybridized carbons (Fsp3) is 0.533. The number of fused-ring (bicyclic) bond motifs is 1. The van der Waals surface area contributed by atoms with Crippen LogP contribution in [0.4, 0.5) is 5.69 Å². The average molecular weight is 278 g/mol. The second-order valence-electron chi connectivity index (χ2n) is 5.65. The van der Waals surface area contributed by atoms with Gasteiger partial charge in [0.15, 0.2) is 6.10 Å². The fourth-order valence-electron chi connectivity index (χ4n) is 2.27. The summed E-state index contributed by atoms with van der Waals surface area (Å²) in [5, 5.41) is 13.1. The Morgan fingerprint density at radius 1 is 1.50 bits per heavy atom. The average Bonchev–Trinajstić information content (AvgIpc) is 2.42. The topological polar surface area (TPSA) is 61.8 Å². The molecule has 1 aliphatic heterocycles. The Labute approximate surface area is 119 Å². The van der Waals surface area contributed by atoms with Gasteiger partial charge in [-0.3, -0.25) is 4.79 Å². The molecule has 0 fully saturated rings. The highest BCUT2D eigenvalue weighted by molar-refractivity contribution is 5.83. The van der Waals surface area contributed by atoms with Gasteiger partial charge in [-0.15, -0.1) is 0 Å². The van der Waals surface area contributed by atoms with E-state index in [1.165, 1.54) is 0 Å². The first-order chi connectivity index (χ1) is 9.40. The minimum Gasteiger partial charge on any atom is -0.477 e. The molecule has 5 nitrogen and oxygen atoms in total. The van der Waals surface area contributed by atoms with Crippen LogP contribution in [0.3, 0.4) is 0 Å². The van der Waals surface area contributed by atoms with Crippen LogP contribution in [-0.4, -0.2) is 47.3 Å². The minimum atomic E-state index is -0.911. The normalized spacial score (nSPS) is 17.7. The number of anilines is 1. The highest BCUT2D eigenvalue weighted by atomic mass is 16.5. The summed E-state index contributed by atoms with van der Waals surface area (Å²) in [4.78, 5) is 14.1. The smallest absolute Gasteiger partial charge is 0.265 e. The van der Waals surface area contributed by atoms with E-state index in [0.29, 0.717) is 25.4 Å². The molecule has 110 valence electrons. The van der Waals surface area contributed by atoms with E-state index in [0.717, 1.165) is 5.69 Å². The van der Waals surface area contributed by atoms with Crippen molar-refractivity contribution >= 4 is 11.6 Å². The summed E-state index contributed by atoms with van der Waals surface area (Å²) < 4.78 is 5.76. The molecule has 0 spiro atoms. The molecule has 5 heteroatoms. The van der Waals surface area contributed by atoms with Crippen LogP contribution in [0.1, 0.15) is 20.8 Å². The Hall–Kier alpha value is -1.75. The lowest BCUT2D eigenvalue weighted by Gasteiger charge is -2.33. The van der Waals surface area contributed by atoms with Gasteiger partial charge in [0, 0.05) is 13.1 Å². The number of nitrogens with one attached hydrogen (secondary N) is 1. The van der Waals surface area contributed by atoms with E-state index in [2.05, 4.69) is 5.32 Å². The van der Waals surface area contributed by atoms with E-state index in [1.54, 1.807) is 18.7 Å². The van der Waals surface area contributed by atoms with E-state index in [4.69, 9.17) is 4.74 Å². The first-order valence-electron chi connectivity index (χ1n) is 6.91. The maximum atomic E-state index is 12.5. The number of carbonyl (C=O) groups excluding carboxylic acids is 1. The number of aliphatic hydroxyl groups is 1. The zero-order chi connectivity index (χ0) is 14.8. The van der Waals surface area contributed by atoms with Crippen molar-refractivity contribution in [3.8, 4) is 5.75 Å². The van der Waals surface area contributed by atoms with Crippen LogP contribution >= 0.6 is 0 Å². The van der Waals surface area contributed by atoms with E-state index in [9.17, 15) is 9.90 Å².